The van der Waals surface area contributed by atoms with Gasteiger partial charge >= 0.3 is 12.1 Å². The van der Waals surface area contributed by atoms with Crippen LogP contribution in [0.4, 0.5) is 13.2 Å². The average Bonchev–Trinajstić information content (AvgIpc) is 2.72. The van der Waals surface area contributed by atoms with E-state index in [1.54, 1.807) is 30.3 Å². The Balaban J connectivity index is 2.50. The Morgan fingerprint density at radius 3 is 2.50 bits per heavy atom. The van der Waals surface area contributed by atoms with Gasteiger partial charge in [-0.05, 0) is 12.5 Å². The summed E-state index contributed by atoms with van der Waals surface area (Å²) < 4.78 is 44.5. The summed E-state index contributed by atoms with van der Waals surface area (Å²) in [5.74, 6) is -6.74. The SMILES string of the molecule is CCOC(=O)[C@H]1[C@H](c2ccccc2)N(C)O[C@]1(O)C(F)(F)F. The van der Waals surface area contributed by atoms with E-state index >= 15 is 0 Å². The molecule has 1 aromatic rings. The lowest BCUT2D eigenvalue weighted by Gasteiger charge is -2.29. The molecule has 1 fully saturated rings. The minimum atomic E-state index is -5.15. The summed E-state index contributed by atoms with van der Waals surface area (Å²) in [5, 5.41) is 10.8. The first kappa shape index (κ1) is 16.7. The fraction of sp³-hybridized carbons (Fsp3) is 0.500. The van der Waals surface area contributed by atoms with Crippen LogP contribution in [0.1, 0.15) is 18.5 Å². The number of hydrogen-bond donors (Lipinski definition) is 1. The van der Waals surface area contributed by atoms with Gasteiger partial charge in [-0.25, -0.2) is 0 Å². The Labute approximate surface area is 125 Å². The fourth-order valence-corrected chi connectivity index (χ4v) is 2.56. The zero-order valence-corrected chi connectivity index (χ0v) is 12.0. The highest BCUT2D eigenvalue weighted by Gasteiger charge is 2.71. The van der Waals surface area contributed by atoms with E-state index in [1.807, 2.05) is 0 Å². The number of nitrogens with zero attached hydrogens (tertiary/aromatic N) is 1. The van der Waals surface area contributed by atoms with Crippen LogP contribution in [0.2, 0.25) is 0 Å². The summed E-state index contributed by atoms with van der Waals surface area (Å²) >= 11 is 0. The zero-order valence-electron chi connectivity index (χ0n) is 12.0. The van der Waals surface area contributed by atoms with Gasteiger partial charge in [0.1, 0.15) is 5.92 Å². The molecule has 1 aromatic carbocycles. The van der Waals surface area contributed by atoms with E-state index < -0.39 is 29.9 Å². The molecule has 22 heavy (non-hydrogen) atoms. The van der Waals surface area contributed by atoms with Gasteiger partial charge < -0.3 is 9.84 Å². The highest BCUT2D eigenvalue weighted by Crippen LogP contribution is 2.51. The lowest BCUT2D eigenvalue weighted by molar-refractivity contribution is -0.400. The number of esters is 1. The van der Waals surface area contributed by atoms with Crippen LogP contribution in [0.25, 0.3) is 0 Å². The molecule has 1 heterocycles. The van der Waals surface area contributed by atoms with Gasteiger partial charge in [0.2, 0.25) is 0 Å². The molecule has 1 aliphatic heterocycles. The molecule has 1 N–H and O–H groups in total. The van der Waals surface area contributed by atoms with Gasteiger partial charge in [0.15, 0.2) is 0 Å². The largest absolute Gasteiger partial charge is 0.466 e. The van der Waals surface area contributed by atoms with Crippen molar-refractivity contribution in [3.05, 3.63) is 35.9 Å². The molecule has 0 amide bonds. The number of halogens is 3. The van der Waals surface area contributed by atoms with Crippen molar-refractivity contribution in [3.63, 3.8) is 0 Å². The van der Waals surface area contributed by atoms with Gasteiger partial charge in [-0.15, -0.1) is 0 Å². The molecule has 5 nitrogen and oxygen atoms in total. The van der Waals surface area contributed by atoms with E-state index in [1.165, 1.54) is 14.0 Å². The molecule has 0 unspecified atom stereocenters. The van der Waals surface area contributed by atoms with Gasteiger partial charge in [-0.1, -0.05) is 30.3 Å². The van der Waals surface area contributed by atoms with Crippen molar-refractivity contribution >= 4 is 5.97 Å². The van der Waals surface area contributed by atoms with Crippen LogP contribution in [0.3, 0.4) is 0 Å². The number of carbonyl (C=O) groups is 1. The fourth-order valence-electron chi connectivity index (χ4n) is 2.56. The minimum absolute atomic E-state index is 0.103. The molecule has 0 bridgehead atoms. The Bertz CT molecular complexity index is 537. The molecule has 122 valence electrons. The van der Waals surface area contributed by atoms with Crippen molar-refractivity contribution in [3.8, 4) is 0 Å². The summed E-state index contributed by atoms with van der Waals surface area (Å²) in [5.41, 5.74) is 0.406. The number of rotatable bonds is 3. The van der Waals surface area contributed by atoms with Crippen molar-refractivity contribution < 1.29 is 32.6 Å². The van der Waals surface area contributed by atoms with E-state index in [9.17, 15) is 23.1 Å². The molecule has 1 saturated heterocycles. The maximum Gasteiger partial charge on any atom is 0.445 e. The van der Waals surface area contributed by atoms with E-state index in [2.05, 4.69) is 4.84 Å². The molecule has 0 saturated carbocycles. The second-order valence-electron chi connectivity index (χ2n) is 4.92. The van der Waals surface area contributed by atoms with E-state index in [0.717, 1.165) is 5.06 Å². The predicted octanol–water partition coefficient (Wildman–Crippen LogP) is 2.03. The maximum atomic E-state index is 13.2. The van der Waals surface area contributed by atoms with Gasteiger partial charge in [0, 0.05) is 7.05 Å². The summed E-state index contributed by atoms with van der Waals surface area (Å²) in [7, 11) is 1.23. The lowest BCUT2D eigenvalue weighted by Crippen LogP contribution is -2.53. The van der Waals surface area contributed by atoms with E-state index in [4.69, 9.17) is 4.74 Å². The summed E-state index contributed by atoms with van der Waals surface area (Å²) in [6.45, 7) is 1.37. The maximum absolute atomic E-state index is 13.2. The topological polar surface area (TPSA) is 59.0 Å². The second kappa shape index (κ2) is 5.86. The van der Waals surface area contributed by atoms with Gasteiger partial charge in [-0.3, -0.25) is 9.63 Å². The number of aliphatic hydroxyl groups is 1. The monoisotopic (exact) mass is 319 g/mol. The summed E-state index contributed by atoms with van der Waals surface area (Å²) in [4.78, 5) is 16.7. The Kier molecular flexibility index (Phi) is 4.46. The van der Waals surface area contributed by atoms with Gasteiger partial charge in [0.05, 0.1) is 12.6 Å². The highest BCUT2D eigenvalue weighted by molar-refractivity contribution is 5.75. The molecular formula is C14H16F3NO4. The first-order chi connectivity index (χ1) is 10.2. The number of hydroxylamine groups is 2. The standard InChI is InChI=1S/C14H16F3NO4/c1-3-21-12(19)10-11(9-7-5-4-6-8-9)18(2)22-13(10,20)14(15,16)17/h4-8,10-11,20H,3H2,1-2H3/t10-,11+,13+/m1/s1. The molecule has 3 atom stereocenters. The van der Waals surface area contributed by atoms with Crippen LogP contribution < -0.4 is 0 Å². The van der Waals surface area contributed by atoms with Crippen molar-refractivity contribution in [1.82, 2.24) is 5.06 Å². The van der Waals surface area contributed by atoms with E-state index in [0.29, 0.717) is 5.56 Å². The van der Waals surface area contributed by atoms with Crippen LogP contribution in [0.15, 0.2) is 30.3 Å². The van der Waals surface area contributed by atoms with Crippen LogP contribution in [0, 0.1) is 5.92 Å². The number of hydrogen-bond acceptors (Lipinski definition) is 5. The molecule has 8 heteroatoms. The minimum Gasteiger partial charge on any atom is -0.466 e. The van der Waals surface area contributed by atoms with Gasteiger partial charge in [-0.2, -0.15) is 18.2 Å². The second-order valence-corrected chi connectivity index (χ2v) is 4.92. The molecule has 0 aromatic heterocycles. The Morgan fingerprint density at radius 2 is 2.00 bits per heavy atom. The van der Waals surface area contributed by atoms with Crippen molar-refractivity contribution in [1.29, 1.82) is 0 Å². The van der Waals surface area contributed by atoms with Crippen molar-refractivity contribution in [2.24, 2.45) is 5.92 Å². The first-order valence-corrected chi connectivity index (χ1v) is 6.65. The molecule has 1 aliphatic rings. The summed E-state index contributed by atoms with van der Waals surface area (Å²) in [6.07, 6.45) is -5.15. The first-order valence-electron chi connectivity index (χ1n) is 6.65. The Morgan fingerprint density at radius 1 is 1.41 bits per heavy atom. The molecule has 0 radical (unpaired) electrons. The number of carbonyl (C=O) groups excluding carboxylic acids is 1. The van der Waals surface area contributed by atoms with Crippen LogP contribution >= 0.6 is 0 Å². The van der Waals surface area contributed by atoms with Crippen LogP contribution in [-0.4, -0.2) is 41.8 Å². The zero-order chi connectivity index (χ0) is 16.5. The molecular weight excluding hydrogens is 303 g/mol. The van der Waals surface area contributed by atoms with Crippen LogP contribution in [-0.2, 0) is 14.4 Å². The average molecular weight is 319 g/mol. The molecule has 0 aliphatic carbocycles. The molecule has 0 spiro atoms. The number of alkyl halides is 3. The Hall–Kier alpha value is -1.64. The van der Waals surface area contributed by atoms with Crippen LogP contribution in [0.5, 0.6) is 0 Å². The summed E-state index contributed by atoms with van der Waals surface area (Å²) in [6, 6.07) is 6.92. The van der Waals surface area contributed by atoms with Gasteiger partial charge in [0.25, 0.3) is 5.79 Å². The van der Waals surface area contributed by atoms with E-state index in [-0.39, 0.29) is 6.61 Å². The number of ether oxygens (including phenoxy) is 1. The van der Waals surface area contributed by atoms with Crippen molar-refractivity contribution in [2.75, 3.05) is 13.7 Å². The third-order valence-corrected chi connectivity index (χ3v) is 3.50. The third kappa shape index (κ3) is 2.69. The lowest BCUT2D eigenvalue weighted by atomic mass is 9.87. The highest BCUT2D eigenvalue weighted by atomic mass is 19.4. The predicted molar refractivity (Wildman–Crippen MR) is 69.2 cm³/mol. The quantitative estimate of drug-likeness (QED) is 0.864. The molecule has 2 rings (SSSR count). The number of benzene rings is 1. The third-order valence-electron chi connectivity index (χ3n) is 3.50. The van der Waals surface area contributed by atoms with Crippen molar-refractivity contribution in [2.45, 2.75) is 24.9 Å². The normalized spacial score (nSPS) is 29.5. The smallest absolute Gasteiger partial charge is 0.445 e.